The SMILES string of the molecule is CCCC(C)C1CCC(O)C1. The summed E-state index contributed by atoms with van der Waals surface area (Å²) in [4.78, 5) is 0. The van der Waals surface area contributed by atoms with Gasteiger partial charge in [0.2, 0.25) is 0 Å². The quantitative estimate of drug-likeness (QED) is 0.666. The average molecular weight is 156 g/mol. The molecule has 0 aromatic carbocycles. The zero-order valence-corrected chi connectivity index (χ0v) is 7.71. The first-order valence-electron chi connectivity index (χ1n) is 4.92. The predicted octanol–water partition coefficient (Wildman–Crippen LogP) is 2.58. The van der Waals surface area contributed by atoms with Gasteiger partial charge in [-0.3, -0.25) is 0 Å². The fraction of sp³-hybridized carbons (Fsp3) is 1.00. The smallest absolute Gasteiger partial charge is 0.0543 e. The van der Waals surface area contributed by atoms with Gasteiger partial charge in [-0.2, -0.15) is 0 Å². The van der Waals surface area contributed by atoms with Crippen LogP contribution >= 0.6 is 0 Å². The second-order valence-electron chi connectivity index (χ2n) is 3.99. The van der Waals surface area contributed by atoms with Gasteiger partial charge in [0.05, 0.1) is 6.10 Å². The highest BCUT2D eigenvalue weighted by Gasteiger charge is 2.26. The van der Waals surface area contributed by atoms with Gasteiger partial charge in [0, 0.05) is 0 Å². The van der Waals surface area contributed by atoms with Crippen molar-refractivity contribution in [1.82, 2.24) is 0 Å². The summed E-state index contributed by atoms with van der Waals surface area (Å²) in [6, 6.07) is 0. The normalized spacial score (nSPS) is 34.1. The van der Waals surface area contributed by atoms with Crippen LogP contribution in [-0.2, 0) is 0 Å². The monoisotopic (exact) mass is 156 g/mol. The fourth-order valence-electron chi connectivity index (χ4n) is 2.20. The molecule has 11 heavy (non-hydrogen) atoms. The van der Waals surface area contributed by atoms with E-state index in [1.807, 2.05) is 0 Å². The molecule has 0 saturated heterocycles. The van der Waals surface area contributed by atoms with Gasteiger partial charge >= 0.3 is 0 Å². The molecule has 0 aromatic rings. The molecule has 0 heterocycles. The zero-order valence-electron chi connectivity index (χ0n) is 7.71. The Hall–Kier alpha value is -0.0400. The Labute approximate surface area is 69.8 Å². The lowest BCUT2D eigenvalue weighted by atomic mass is 9.89. The van der Waals surface area contributed by atoms with Crippen molar-refractivity contribution in [3.63, 3.8) is 0 Å². The van der Waals surface area contributed by atoms with Crippen LogP contribution in [0.2, 0.25) is 0 Å². The van der Waals surface area contributed by atoms with E-state index >= 15 is 0 Å². The molecule has 1 aliphatic rings. The van der Waals surface area contributed by atoms with Gasteiger partial charge in [0.1, 0.15) is 0 Å². The Balaban J connectivity index is 2.25. The summed E-state index contributed by atoms with van der Waals surface area (Å²) < 4.78 is 0. The minimum Gasteiger partial charge on any atom is -0.393 e. The van der Waals surface area contributed by atoms with Gasteiger partial charge in [-0.25, -0.2) is 0 Å². The first kappa shape index (κ1) is 9.05. The van der Waals surface area contributed by atoms with E-state index in [1.54, 1.807) is 0 Å². The molecule has 1 saturated carbocycles. The maximum Gasteiger partial charge on any atom is 0.0543 e. The van der Waals surface area contributed by atoms with E-state index in [0.29, 0.717) is 0 Å². The standard InChI is InChI=1S/C10H20O/c1-3-4-8(2)9-5-6-10(11)7-9/h8-11H,3-7H2,1-2H3. The molecular weight excluding hydrogens is 136 g/mol. The Morgan fingerprint density at radius 1 is 1.45 bits per heavy atom. The highest BCUT2D eigenvalue weighted by Crippen LogP contribution is 2.33. The Morgan fingerprint density at radius 2 is 2.18 bits per heavy atom. The molecule has 3 unspecified atom stereocenters. The van der Waals surface area contributed by atoms with Crippen molar-refractivity contribution in [3.05, 3.63) is 0 Å². The molecule has 1 nitrogen and oxygen atoms in total. The molecule has 1 fully saturated rings. The van der Waals surface area contributed by atoms with E-state index < -0.39 is 0 Å². The molecule has 1 aliphatic carbocycles. The van der Waals surface area contributed by atoms with Crippen LogP contribution in [0.1, 0.15) is 46.0 Å². The second kappa shape index (κ2) is 4.10. The Morgan fingerprint density at radius 3 is 2.64 bits per heavy atom. The van der Waals surface area contributed by atoms with E-state index in [9.17, 15) is 5.11 Å². The van der Waals surface area contributed by atoms with Gasteiger partial charge in [-0.1, -0.05) is 26.7 Å². The number of hydrogen-bond donors (Lipinski definition) is 1. The van der Waals surface area contributed by atoms with E-state index in [2.05, 4.69) is 13.8 Å². The second-order valence-corrected chi connectivity index (χ2v) is 3.99. The van der Waals surface area contributed by atoms with Gasteiger partial charge in [-0.05, 0) is 31.1 Å². The summed E-state index contributed by atoms with van der Waals surface area (Å²) in [6.07, 6.45) is 5.98. The van der Waals surface area contributed by atoms with Gasteiger partial charge in [0.15, 0.2) is 0 Å². The predicted molar refractivity (Wildman–Crippen MR) is 47.4 cm³/mol. The van der Waals surface area contributed by atoms with E-state index in [0.717, 1.165) is 24.7 Å². The summed E-state index contributed by atoms with van der Waals surface area (Å²) in [7, 11) is 0. The first-order chi connectivity index (χ1) is 5.24. The number of aliphatic hydroxyl groups is 1. The number of aliphatic hydroxyl groups excluding tert-OH is 1. The minimum absolute atomic E-state index is 0.0132. The van der Waals surface area contributed by atoms with Crippen LogP contribution in [-0.4, -0.2) is 11.2 Å². The maximum atomic E-state index is 9.32. The van der Waals surface area contributed by atoms with E-state index in [1.165, 1.54) is 19.3 Å². The molecule has 3 atom stereocenters. The third-order valence-corrected chi connectivity index (χ3v) is 2.99. The van der Waals surface area contributed by atoms with Gasteiger partial charge < -0.3 is 5.11 Å². The van der Waals surface area contributed by atoms with Crippen molar-refractivity contribution in [3.8, 4) is 0 Å². The van der Waals surface area contributed by atoms with Gasteiger partial charge in [-0.15, -0.1) is 0 Å². The summed E-state index contributed by atoms with van der Waals surface area (Å²) >= 11 is 0. The van der Waals surface area contributed by atoms with Crippen molar-refractivity contribution in [2.24, 2.45) is 11.8 Å². The zero-order chi connectivity index (χ0) is 8.27. The minimum atomic E-state index is 0.0132. The van der Waals surface area contributed by atoms with Crippen LogP contribution in [0.3, 0.4) is 0 Å². The molecule has 1 rings (SSSR count). The molecule has 0 radical (unpaired) electrons. The third-order valence-electron chi connectivity index (χ3n) is 2.99. The number of hydrogen-bond acceptors (Lipinski definition) is 1. The van der Waals surface area contributed by atoms with Crippen molar-refractivity contribution >= 4 is 0 Å². The topological polar surface area (TPSA) is 20.2 Å². The third kappa shape index (κ3) is 2.48. The fourth-order valence-corrected chi connectivity index (χ4v) is 2.20. The average Bonchev–Trinajstić information content (AvgIpc) is 2.36. The maximum absolute atomic E-state index is 9.32. The highest BCUT2D eigenvalue weighted by atomic mass is 16.3. The van der Waals surface area contributed by atoms with Crippen LogP contribution in [0.5, 0.6) is 0 Å². The summed E-state index contributed by atoms with van der Waals surface area (Å²) in [5, 5.41) is 9.32. The van der Waals surface area contributed by atoms with Crippen molar-refractivity contribution in [2.45, 2.75) is 52.1 Å². The van der Waals surface area contributed by atoms with E-state index in [-0.39, 0.29) is 6.10 Å². The van der Waals surface area contributed by atoms with Crippen LogP contribution < -0.4 is 0 Å². The molecule has 0 aliphatic heterocycles. The van der Waals surface area contributed by atoms with Gasteiger partial charge in [0.25, 0.3) is 0 Å². The van der Waals surface area contributed by atoms with Crippen molar-refractivity contribution in [1.29, 1.82) is 0 Å². The molecule has 0 spiro atoms. The molecule has 1 heteroatoms. The molecule has 66 valence electrons. The van der Waals surface area contributed by atoms with Crippen LogP contribution in [0.15, 0.2) is 0 Å². The van der Waals surface area contributed by atoms with Crippen molar-refractivity contribution < 1.29 is 5.11 Å². The lowest BCUT2D eigenvalue weighted by Crippen LogP contribution is -2.09. The largest absolute Gasteiger partial charge is 0.393 e. The summed E-state index contributed by atoms with van der Waals surface area (Å²) in [5.41, 5.74) is 0. The molecule has 1 N–H and O–H groups in total. The number of rotatable bonds is 3. The molecule has 0 aromatic heterocycles. The first-order valence-corrected chi connectivity index (χ1v) is 4.92. The lowest BCUT2D eigenvalue weighted by molar-refractivity contribution is 0.171. The van der Waals surface area contributed by atoms with Crippen LogP contribution in [0, 0.1) is 11.8 Å². The summed E-state index contributed by atoms with van der Waals surface area (Å²) in [5.74, 6) is 1.64. The van der Waals surface area contributed by atoms with E-state index in [4.69, 9.17) is 0 Å². The van der Waals surface area contributed by atoms with Crippen LogP contribution in [0.4, 0.5) is 0 Å². The van der Waals surface area contributed by atoms with Crippen molar-refractivity contribution in [2.75, 3.05) is 0 Å². The Bertz CT molecular complexity index is 111. The van der Waals surface area contributed by atoms with Crippen LogP contribution in [0.25, 0.3) is 0 Å². The molecule has 0 amide bonds. The molecular formula is C10H20O. The molecule has 0 bridgehead atoms. The summed E-state index contributed by atoms with van der Waals surface area (Å²) in [6.45, 7) is 4.56. The lowest BCUT2D eigenvalue weighted by Gasteiger charge is -2.17. The Kier molecular flexibility index (Phi) is 3.38. The highest BCUT2D eigenvalue weighted by molar-refractivity contribution is 4.77.